The van der Waals surface area contributed by atoms with Crippen LogP contribution in [0.2, 0.25) is 0 Å². The van der Waals surface area contributed by atoms with Gasteiger partial charge < -0.3 is 9.72 Å². The lowest BCUT2D eigenvalue weighted by Gasteiger charge is -2.18. The van der Waals surface area contributed by atoms with Gasteiger partial charge in [-0.2, -0.15) is 0 Å². The Kier molecular flexibility index (Phi) is 2.03. The quantitative estimate of drug-likeness (QED) is 0.788. The fourth-order valence-corrected chi connectivity index (χ4v) is 1.95. The minimum atomic E-state index is 0.616. The highest BCUT2D eigenvalue weighted by Gasteiger charge is 2.15. The van der Waals surface area contributed by atoms with Gasteiger partial charge in [0.2, 0.25) is 0 Å². The molecule has 1 aromatic carbocycles. The van der Waals surface area contributed by atoms with Crippen LogP contribution in [0, 0.1) is 6.92 Å². The van der Waals surface area contributed by atoms with E-state index in [4.69, 9.17) is 4.74 Å². The van der Waals surface area contributed by atoms with E-state index in [2.05, 4.69) is 41.2 Å². The third-order valence-corrected chi connectivity index (χ3v) is 2.74. The Morgan fingerprint density at radius 2 is 2.31 bits per heavy atom. The summed E-state index contributed by atoms with van der Waals surface area (Å²) in [6.45, 7) is 2.68. The summed E-state index contributed by atoms with van der Waals surface area (Å²) in [6, 6.07) is 6.26. The summed E-state index contributed by atoms with van der Waals surface area (Å²) in [7, 11) is 0. The normalized spacial score (nSPS) is 13.9. The molecular formula is C13H12N2O. The maximum atomic E-state index is 5.62. The van der Waals surface area contributed by atoms with Crippen LogP contribution in [0.15, 0.2) is 36.8 Å². The lowest BCUT2D eigenvalue weighted by Crippen LogP contribution is -2.05. The van der Waals surface area contributed by atoms with Crippen molar-refractivity contribution in [3.05, 3.63) is 53.6 Å². The van der Waals surface area contributed by atoms with Crippen molar-refractivity contribution < 1.29 is 4.74 Å². The molecule has 0 aliphatic carbocycles. The Balaban J connectivity index is 2.14. The van der Waals surface area contributed by atoms with E-state index in [-0.39, 0.29) is 0 Å². The van der Waals surface area contributed by atoms with Crippen molar-refractivity contribution in [3.63, 3.8) is 0 Å². The molecule has 16 heavy (non-hydrogen) atoms. The lowest BCUT2D eigenvalue weighted by atomic mass is 9.99. The molecule has 3 nitrogen and oxygen atoms in total. The molecule has 80 valence electrons. The van der Waals surface area contributed by atoms with Crippen LogP contribution in [0.5, 0.6) is 5.75 Å². The molecule has 0 atom stereocenters. The Morgan fingerprint density at radius 1 is 1.38 bits per heavy atom. The van der Waals surface area contributed by atoms with E-state index in [0.29, 0.717) is 6.61 Å². The van der Waals surface area contributed by atoms with Crippen LogP contribution >= 0.6 is 0 Å². The van der Waals surface area contributed by atoms with Gasteiger partial charge in [-0.15, -0.1) is 0 Å². The van der Waals surface area contributed by atoms with Crippen LogP contribution in [0.25, 0.3) is 5.57 Å². The first-order valence-corrected chi connectivity index (χ1v) is 5.27. The monoisotopic (exact) mass is 212 g/mol. The number of aryl methyl sites for hydroxylation is 1. The average molecular weight is 212 g/mol. The van der Waals surface area contributed by atoms with E-state index < -0.39 is 0 Å². The lowest BCUT2D eigenvalue weighted by molar-refractivity contribution is 0.357. The van der Waals surface area contributed by atoms with Crippen LogP contribution in [-0.4, -0.2) is 16.6 Å². The number of nitrogens with one attached hydrogen (secondary N) is 1. The Labute approximate surface area is 93.8 Å². The van der Waals surface area contributed by atoms with Gasteiger partial charge >= 0.3 is 0 Å². The number of ether oxygens (including phenoxy) is 1. The Hall–Kier alpha value is -2.03. The minimum absolute atomic E-state index is 0.616. The molecule has 0 fully saturated rings. The van der Waals surface area contributed by atoms with Crippen molar-refractivity contribution in [2.24, 2.45) is 0 Å². The van der Waals surface area contributed by atoms with Gasteiger partial charge in [-0.3, -0.25) is 0 Å². The van der Waals surface area contributed by atoms with Gasteiger partial charge in [-0.1, -0.05) is 12.1 Å². The zero-order valence-corrected chi connectivity index (χ0v) is 9.03. The molecule has 0 bridgehead atoms. The molecule has 0 spiro atoms. The summed E-state index contributed by atoms with van der Waals surface area (Å²) in [6.07, 6.45) is 5.60. The second-order valence-electron chi connectivity index (χ2n) is 3.89. The maximum absolute atomic E-state index is 5.62. The zero-order valence-electron chi connectivity index (χ0n) is 9.03. The van der Waals surface area contributed by atoms with Gasteiger partial charge in [0.25, 0.3) is 0 Å². The zero-order chi connectivity index (χ0) is 11.0. The molecule has 0 radical (unpaired) electrons. The van der Waals surface area contributed by atoms with Crippen molar-refractivity contribution in [2.75, 3.05) is 6.61 Å². The minimum Gasteiger partial charge on any atom is -0.489 e. The van der Waals surface area contributed by atoms with E-state index >= 15 is 0 Å². The van der Waals surface area contributed by atoms with E-state index in [9.17, 15) is 0 Å². The number of hydrogen-bond acceptors (Lipinski definition) is 2. The number of imidazole rings is 1. The predicted molar refractivity (Wildman–Crippen MR) is 62.3 cm³/mol. The van der Waals surface area contributed by atoms with E-state index in [0.717, 1.165) is 17.0 Å². The second kappa shape index (κ2) is 3.52. The van der Waals surface area contributed by atoms with Crippen molar-refractivity contribution >= 4 is 5.57 Å². The number of aromatic nitrogens is 2. The van der Waals surface area contributed by atoms with Gasteiger partial charge in [-0.25, -0.2) is 4.98 Å². The molecule has 0 saturated carbocycles. The molecule has 3 heteroatoms. The maximum Gasteiger partial charge on any atom is 0.127 e. The van der Waals surface area contributed by atoms with Gasteiger partial charge in [0.05, 0.1) is 18.2 Å². The van der Waals surface area contributed by atoms with Crippen molar-refractivity contribution in [2.45, 2.75) is 6.92 Å². The van der Waals surface area contributed by atoms with Crippen LogP contribution in [0.1, 0.15) is 16.8 Å². The number of nitrogens with zero attached hydrogens (tertiary/aromatic N) is 1. The summed E-state index contributed by atoms with van der Waals surface area (Å²) >= 11 is 0. The second-order valence-corrected chi connectivity index (χ2v) is 3.89. The molecule has 0 amide bonds. The number of aromatic amines is 1. The molecule has 0 unspecified atom stereocenters. The van der Waals surface area contributed by atoms with Crippen molar-refractivity contribution in [1.29, 1.82) is 0 Å². The number of benzene rings is 1. The van der Waals surface area contributed by atoms with Crippen molar-refractivity contribution in [1.82, 2.24) is 9.97 Å². The van der Waals surface area contributed by atoms with Crippen LogP contribution in [-0.2, 0) is 0 Å². The smallest absolute Gasteiger partial charge is 0.127 e. The van der Waals surface area contributed by atoms with E-state index in [1.165, 1.54) is 11.1 Å². The largest absolute Gasteiger partial charge is 0.489 e. The SMILES string of the molecule is Cc1ccc2c(c1)OCC=C2c1cnc[nH]1. The summed E-state index contributed by atoms with van der Waals surface area (Å²) in [4.78, 5) is 7.18. The fraction of sp³-hybridized carbons (Fsp3) is 0.154. The standard InChI is InChI=1S/C13H12N2O/c1-9-2-3-11-10(12-7-14-8-15-12)4-5-16-13(11)6-9/h2-4,6-8H,5H2,1H3,(H,14,15). The summed E-state index contributed by atoms with van der Waals surface area (Å²) in [5.74, 6) is 0.951. The number of H-pyrrole nitrogens is 1. The van der Waals surface area contributed by atoms with Gasteiger partial charge in [0.1, 0.15) is 12.4 Å². The first kappa shape index (κ1) is 9.21. The van der Waals surface area contributed by atoms with Crippen molar-refractivity contribution in [3.8, 4) is 5.75 Å². The molecule has 1 aliphatic heterocycles. The molecule has 1 aliphatic rings. The molecule has 1 N–H and O–H groups in total. The first-order chi connectivity index (χ1) is 7.84. The topological polar surface area (TPSA) is 37.9 Å². The van der Waals surface area contributed by atoms with E-state index in [1.54, 1.807) is 6.33 Å². The first-order valence-electron chi connectivity index (χ1n) is 5.27. The number of rotatable bonds is 1. The van der Waals surface area contributed by atoms with Gasteiger partial charge in [0, 0.05) is 11.1 Å². The third-order valence-electron chi connectivity index (χ3n) is 2.74. The molecule has 1 aromatic heterocycles. The Bertz CT molecular complexity index is 541. The Morgan fingerprint density at radius 3 is 3.12 bits per heavy atom. The molecule has 2 heterocycles. The highest BCUT2D eigenvalue weighted by Crippen LogP contribution is 2.33. The molecular weight excluding hydrogens is 200 g/mol. The van der Waals surface area contributed by atoms with Crippen LogP contribution < -0.4 is 4.74 Å². The predicted octanol–water partition coefficient (Wildman–Crippen LogP) is 2.54. The van der Waals surface area contributed by atoms with Gasteiger partial charge in [-0.05, 0) is 24.6 Å². The molecule has 2 aromatic rings. The third kappa shape index (κ3) is 1.41. The highest BCUT2D eigenvalue weighted by molar-refractivity contribution is 5.82. The number of hydrogen-bond donors (Lipinski definition) is 1. The fourth-order valence-electron chi connectivity index (χ4n) is 1.95. The summed E-state index contributed by atoms with van der Waals surface area (Å²) in [5.41, 5.74) is 4.54. The molecule has 3 rings (SSSR count). The van der Waals surface area contributed by atoms with Gasteiger partial charge in [0.15, 0.2) is 0 Å². The highest BCUT2D eigenvalue weighted by atomic mass is 16.5. The molecule has 0 saturated heterocycles. The van der Waals surface area contributed by atoms with E-state index in [1.807, 2.05) is 6.20 Å². The number of fused-ring (bicyclic) bond motifs is 1. The summed E-state index contributed by atoms with van der Waals surface area (Å²) in [5, 5.41) is 0. The van der Waals surface area contributed by atoms with Crippen LogP contribution in [0.4, 0.5) is 0 Å². The summed E-state index contributed by atoms with van der Waals surface area (Å²) < 4.78 is 5.62. The van der Waals surface area contributed by atoms with Crippen LogP contribution in [0.3, 0.4) is 0 Å². The average Bonchev–Trinajstić information content (AvgIpc) is 2.81.